The number of fused-ring (bicyclic) bond motifs is 1. The molecule has 0 spiro atoms. The predicted molar refractivity (Wildman–Crippen MR) is 47.0 cm³/mol. The Morgan fingerprint density at radius 2 is 2.08 bits per heavy atom. The molecule has 0 amide bonds. The number of ether oxygens (including phenoxy) is 1. The molecule has 3 atom stereocenters. The maximum atomic E-state index is 10.0. The van der Waals surface area contributed by atoms with Crippen molar-refractivity contribution in [1.29, 1.82) is 0 Å². The van der Waals surface area contributed by atoms with Gasteiger partial charge in [0.1, 0.15) is 0 Å². The van der Waals surface area contributed by atoms with Gasteiger partial charge in [-0.3, -0.25) is 0 Å². The summed E-state index contributed by atoms with van der Waals surface area (Å²) in [6, 6.07) is 0. The van der Waals surface area contributed by atoms with Crippen molar-refractivity contribution in [1.82, 2.24) is 0 Å². The molecule has 1 aliphatic heterocycles. The van der Waals surface area contributed by atoms with Gasteiger partial charge in [0, 0.05) is 6.42 Å². The zero-order valence-electron chi connectivity index (χ0n) is 7.97. The third kappa shape index (κ3) is 1.09. The van der Waals surface area contributed by atoms with Crippen LogP contribution in [0.5, 0.6) is 0 Å². The summed E-state index contributed by atoms with van der Waals surface area (Å²) in [4.78, 5) is 0. The predicted octanol–water partition coefficient (Wildman–Crippen LogP) is 1.86. The lowest BCUT2D eigenvalue weighted by Crippen LogP contribution is -2.37. The molecule has 0 bridgehead atoms. The summed E-state index contributed by atoms with van der Waals surface area (Å²) in [5, 5.41) is 10.0. The third-order valence-corrected chi connectivity index (χ3v) is 3.74. The lowest BCUT2D eigenvalue weighted by Gasteiger charge is -2.31. The van der Waals surface area contributed by atoms with Crippen LogP contribution in [0, 0.1) is 0 Å². The molecule has 2 aliphatic rings. The summed E-state index contributed by atoms with van der Waals surface area (Å²) >= 11 is 0. The van der Waals surface area contributed by atoms with E-state index < -0.39 is 5.60 Å². The van der Waals surface area contributed by atoms with Crippen LogP contribution in [0.1, 0.15) is 46.0 Å². The zero-order valence-corrected chi connectivity index (χ0v) is 7.97. The van der Waals surface area contributed by atoms with Gasteiger partial charge < -0.3 is 9.84 Å². The van der Waals surface area contributed by atoms with E-state index in [-0.39, 0.29) is 5.60 Å². The van der Waals surface area contributed by atoms with E-state index in [2.05, 4.69) is 13.8 Å². The van der Waals surface area contributed by atoms with E-state index in [0.29, 0.717) is 6.10 Å². The van der Waals surface area contributed by atoms with Gasteiger partial charge in [0.25, 0.3) is 0 Å². The Morgan fingerprint density at radius 3 is 2.58 bits per heavy atom. The quantitative estimate of drug-likeness (QED) is 0.642. The maximum absolute atomic E-state index is 10.0. The average molecular weight is 170 g/mol. The van der Waals surface area contributed by atoms with E-state index in [4.69, 9.17) is 4.74 Å². The first kappa shape index (κ1) is 8.52. The molecule has 0 aromatic rings. The van der Waals surface area contributed by atoms with Crippen LogP contribution in [-0.2, 0) is 4.74 Å². The van der Waals surface area contributed by atoms with Crippen molar-refractivity contribution in [3.63, 3.8) is 0 Å². The van der Waals surface area contributed by atoms with Gasteiger partial charge >= 0.3 is 0 Å². The molecule has 0 aromatic carbocycles. The Kier molecular flexibility index (Phi) is 1.74. The van der Waals surface area contributed by atoms with E-state index in [1.54, 1.807) is 0 Å². The first-order valence-electron chi connectivity index (χ1n) is 5.04. The molecule has 2 nitrogen and oxygen atoms in total. The Labute approximate surface area is 73.9 Å². The Morgan fingerprint density at radius 1 is 1.33 bits per heavy atom. The summed E-state index contributed by atoms with van der Waals surface area (Å²) in [6.45, 7) is 4.23. The number of aliphatic hydroxyl groups is 1. The summed E-state index contributed by atoms with van der Waals surface area (Å²) in [5.74, 6) is 0. The lowest BCUT2D eigenvalue weighted by molar-refractivity contribution is 0.00150. The first-order chi connectivity index (χ1) is 5.64. The average Bonchev–Trinajstić information content (AvgIpc) is 2.79. The molecule has 1 heterocycles. The van der Waals surface area contributed by atoms with E-state index in [1.807, 2.05) is 0 Å². The van der Waals surface area contributed by atoms with Crippen molar-refractivity contribution < 1.29 is 9.84 Å². The van der Waals surface area contributed by atoms with Crippen LogP contribution >= 0.6 is 0 Å². The fourth-order valence-corrected chi connectivity index (χ4v) is 2.40. The largest absolute Gasteiger partial charge is 0.390 e. The smallest absolute Gasteiger partial charge is 0.0948 e. The van der Waals surface area contributed by atoms with Gasteiger partial charge in [0.05, 0.1) is 17.3 Å². The molecule has 1 saturated heterocycles. The molecular formula is C10H18O2. The van der Waals surface area contributed by atoms with E-state index in [1.165, 1.54) is 0 Å². The van der Waals surface area contributed by atoms with Gasteiger partial charge in [0.15, 0.2) is 0 Å². The molecule has 0 radical (unpaired) electrons. The van der Waals surface area contributed by atoms with Crippen molar-refractivity contribution in [2.24, 2.45) is 0 Å². The highest BCUT2D eigenvalue weighted by Crippen LogP contribution is 2.53. The molecule has 1 N–H and O–H groups in total. The second kappa shape index (κ2) is 2.46. The van der Waals surface area contributed by atoms with Gasteiger partial charge in [-0.05, 0) is 25.7 Å². The highest BCUT2D eigenvalue weighted by Gasteiger charge is 2.60. The van der Waals surface area contributed by atoms with Gasteiger partial charge in [0.2, 0.25) is 0 Å². The van der Waals surface area contributed by atoms with Gasteiger partial charge in [-0.25, -0.2) is 0 Å². The molecular weight excluding hydrogens is 152 g/mol. The monoisotopic (exact) mass is 170 g/mol. The van der Waals surface area contributed by atoms with Crippen LogP contribution in [0.4, 0.5) is 0 Å². The normalized spacial score (nSPS) is 51.8. The van der Waals surface area contributed by atoms with E-state index in [0.717, 1.165) is 32.1 Å². The minimum atomic E-state index is -0.417. The number of rotatable bonds is 2. The highest BCUT2D eigenvalue weighted by atomic mass is 16.6. The molecule has 2 heteroatoms. The van der Waals surface area contributed by atoms with Crippen LogP contribution in [0.25, 0.3) is 0 Å². The van der Waals surface area contributed by atoms with Crippen LogP contribution in [0.2, 0.25) is 0 Å². The Hall–Kier alpha value is -0.0800. The summed E-state index contributed by atoms with van der Waals surface area (Å²) in [5.41, 5.74) is -0.235. The van der Waals surface area contributed by atoms with Gasteiger partial charge in [-0.1, -0.05) is 13.8 Å². The molecule has 2 rings (SSSR count). The summed E-state index contributed by atoms with van der Waals surface area (Å²) in [6.07, 6.45) is 5.18. The fourth-order valence-electron chi connectivity index (χ4n) is 2.40. The number of hydrogen-bond acceptors (Lipinski definition) is 2. The van der Waals surface area contributed by atoms with Gasteiger partial charge in [-0.2, -0.15) is 0 Å². The fraction of sp³-hybridized carbons (Fsp3) is 1.00. The highest BCUT2D eigenvalue weighted by molar-refractivity contribution is 5.09. The minimum Gasteiger partial charge on any atom is -0.390 e. The van der Waals surface area contributed by atoms with Crippen molar-refractivity contribution >= 4 is 0 Å². The third-order valence-electron chi connectivity index (χ3n) is 3.74. The molecule has 2 fully saturated rings. The van der Waals surface area contributed by atoms with Crippen LogP contribution in [0.3, 0.4) is 0 Å². The lowest BCUT2D eigenvalue weighted by atomic mass is 9.77. The SMILES string of the molecule is CCC1(O)CCC2(CC)OC2C1. The van der Waals surface area contributed by atoms with Crippen molar-refractivity contribution in [2.45, 2.75) is 63.3 Å². The number of epoxide rings is 1. The molecule has 12 heavy (non-hydrogen) atoms. The van der Waals surface area contributed by atoms with Crippen molar-refractivity contribution in [2.75, 3.05) is 0 Å². The van der Waals surface area contributed by atoms with Crippen molar-refractivity contribution in [3.8, 4) is 0 Å². The van der Waals surface area contributed by atoms with Crippen LogP contribution in [-0.4, -0.2) is 22.4 Å². The Balaban J connectivity index is 2.00. The van der Waals surface area contributed by atoms with E-state index >= 15 is 0 Å². The molecule has 3 unspecified atom stereocenters. The van der Waals surface area contributed by atoms with Crippen molar-refractivity contribution in [3.05, 3.63) is 0 Å². The van der Waals surface area contributed by atoms with Crippen LogP contribution in [0.15, 0.2) is 0 Å². The zero-order chi connectivity index (χ0) is 8.82. The summed E-state index contributed by atoms with van der Waals surface area (Å²) < 4.78 is 5.65. The van der Waals surface area contributed by atoms with E-state index in [9.17, 15) is 5.11 Å². The molecule has 0 aromatic heterocycles. The van der Waals surface area contributed by atoms with Crippen LogP contribution < -0.4 is 0 Å². The minimum absolute atomic E-state index is 0.182. The second-order valence-corrected chi connectivity index (χ2v) is 4.31. The number of hydrogen-bond donors (Lipinski definition) is 1. The molecule has 1 saturated carbocycles. The standard InChI is InChI=1S/C10H18O2/c1-3-9(11)5-6-10(4-2)8(7-9)12-10/h8,11H,3-7H2,1-2H3. The summed E-state index contributed by atoms with van der Waals surface area (Å²) in [7, 11) is 0. The molecule has 1 aliphatic carbocycles. The van der Waals surface area contributed by atoms with Gasteiger partial charge in [-0.15, -0.1) is 0 Å². The first-order valence-corrected chi connectivity index (χ1v) is 5.04. The molecule has 70 valence electrons. The topological polar surface area (TPSA) is 32.8 Å². The maximum Gasteiger partial charge on any atom is 0.0948 e. The Bertz CT molecular complexity index is 192. The second-order valence-electron chi connectivity index (χ2n) is 4.31.